The number of nitrogens with zero attached hydrogens (tertiary/aromatic N) is 3. The van der Waals surface area contributed by atoms with Gasteiger partial charge in [0.1, 0.15) is 0 Å². The highest BCUT2D eigenvalue weighted by molar-refractivity contribution is 5.78. The van der Waals surface area contributed by atoms with Gasteiger partial charge in [0.15, 0.2) is 0 Å². The Balaban J connectivity index is 1.91. The summed E-state index contributed by atoms with van der Waals surface area (Å²) in [6.07, 6.45) is 1.35. The van der Waals surface area contributed by atoms with Crippen molar-refractivity contribution in [2.24, 2.45) is 0 Å². The molecule has 0 aliphatic rings. The fourth-order valence-corrected chi connectivity index (χ4v) is 2.26. The van der Waals surface area contributed by atoms with Gasteiger partial charge < -0.3 is 10.6 Å². The van der Waals surface area contributed by atoms with Crippen molar-refractivity contribution in [1.29, 1.82) is 0 Å². The molecular formula is C17H25N5O. The summed E-state index contributed by atoms with van der Waals surface area (Å²) in [6, 6.07) is 8.07. The fourth-order valence-electron chi connectivity index (χ4n) is 2.26. The highest BCUT2D eigenvalue weighted by atomic mass is 16.1. The molecule has 0 aliphatic carbocycles. The molecule has 0 fully saturated rings. The summed E-state index contributed by atoms with van der Waals surface area (Å²) in [5, 5.41) is 14.5. The van der Waals surface area contributed by atoms with Crippen molar-refractivity contribution in [2.75, 3.05) is 19.6 Å². The molecule has 6 heteroatoms. The molecule has 1 amide bonds. The number of hydrogen-bond donors (Lipinski definition) is 2. The van der Waals surface area contributed by atoms with E-state index >= 15 is 0 Å². The third-order valence-electron chi connectivity index (χ3n) is 3.65. The Kier molecular flexibility index (Phi) is 6.29. The molecule has 0 unspecified atom stereocenters. The smallest absolute Gasteiger partial charge is 0.226 e. The average Bonchev–Trinajstić information content (AvgIpc) is 2.89. The highest BCUT2D eigenvalue weighted by Gasteiger charge is 2.13. The van der Waals surface area contributed by atoms with E-state index in [4.69, 9.17) is 0 Å². The summed E-state index contributed by atoms with van der Waals surface area (Å²) in [6.45, 7) is 8.48. The van der Waals surface area contributed by atoms with Gasteiger partial charge in [-0.1, -0.05) is 29.8 Å². The van der Waals surface area contributed by atoms with E-state index in [1.807, 2.05) is 38.1 Å². The summed E-state index contributed by atoms with van der Waals surface area (Å²) < 4.78 is 1.77. The van der Waals surface area contributed by atoms with Gasteiger partial charge in [0.25, 0.3) is 0 Å². The van der Waals surface area contributed by atoms with Crippen molar-refractivity contribution < 1.29 is 4.79 Å². The van der Waals surface area contributed by atoms with Crippen LogP contribution in [-0.4, -0.2) is 40.5 Å². The van der Waals surface area contributed by atoms with E-state index in [0.29, 0.717) is 12.2 Å². The Hall–Kier alpha value is -2.21. The maximum Gasteiger partial charge on any atom is 0.226 e. The van der Waals surface area contributed by atoms with Crippen LogP contribution in [0.5, 0.6) is 0 Å². The van der Waals surface area contributed by atoms with Gasteiger partial charge in [-0.2, -0.15) is 0 Å². The molecule has 0 aliphatic heterocycles. The SMILES string of the molecule is CCCNCCNC(=O)Cc1nnn(-c2ccc(C)cc2)c1C. The van der Waals surface area contributed by atoms with Crippen molar-refractivity contribution in [3.63, 3.8) is 0 Å². The molecule has 0 spiro atoms. The number of rotatable bonds is 8. The number of aromatic nitrogens is 3. The Labute approximate surface area is 137 Å². The minimum absolute atomic E-state index is 0.0256. The molecule has 2 N–H and O–H groups in total. The summed E-state index contributed by atoms with van der Waals surface area (Å²) in [5.41, 5.74) is 3.76. The third kappa shape index (κ3) is 4.89. The van der Waals surface area contributed by atoms with Gasteiger partial charge in [0, 0.05) is 13.1 Å². The molecule has 124 valence electrons. The lowest BCUT2D eigenvalue weighted by molar-refractivity contribution is -0.120. The van der Waals surface area contributed by atoms with Crippen LogP contribution in [-0.2, 0) is 11.2 Å². The molecule has 0 radical (unpaired) electrons. The largest absolute Gasteiger partial charge is 0.354 e. The molecule has 2 aromatic rings. The van der Waals surface area contributed by atoms with Crippen LogP contribution in [0.15, 0.2) is 24.3 Å². The number of nitrogens with one attached hydrogen (secondary N) is 2. The normalized spacial score (nSPS) is 10.7. The third-order valence-corrected chi connectivity index (χ3v) is 3.65. The monoisotopic (exact) mass is 315 g/mol. The minimum Gasteiger partial charge on any atom is -0.354 e. The Bertz CT molecular complexity index is 633. The summed E-state index contributed by atoms with van der Waals surface area (Å²) >= 11 is 0. The van der Waals surface area contributed by atoms with E-state index in [-0.39, 0.29) is 12.3 Å². The topological polar surface area (TPSA) is 71.8 Å². The number of benzene rings is 1. The molecule has 2 rings (SSSR count). The number of amides is 1. The van der Waals surface area contributed by atoms with E-state index < -0.39 is 0 Å². The maximum absolute atomic E-state index is 12.0. The first-order chi connectivity index (χ1) is 11.1. The molecule has 1 aromatic carbocycles. The minimum atomic E-state index is -0.0256. The number of hydrogen-bond acceptors (Lipinski definition) is 4. The Morgan fingerprint density at radius 2 is 1.87 bits per heavy atom. The molecular weight excluding hydrogens is 290 g/mol. The van der Waals surface area contributed by atoms with Crippen molar-refractivity contribution in [3.8, 4) is 5.69 Å². The first kappa shape index (κ1) is 17.1. The summed E-state index contributed by atoms with van der Waals surface area (Å²) in [5.74, 6) is -0.0256. The molecule has 1 aromatic heterocycles. The van der Waals surface area contributed by atoms with Gasteiger partial charge in [-0.3, -0.25) is 4.79 Å². The van der Waals surface area contributed by atoms with Gasteiger partial charge in [0.2, 0.25) is 5.91 Å². The van der Waals surface area contributed by atoms with Crippen molar-refractivity contribution >= 4 is 5.91 Å². The lowest BCUT2D eigenvalue weighted by Gasteiger charge is -2.06. The summed E-state index contributed by atoms with van der Waals surface area (Å²) in [4.78, 5) is 12.0. The second-order valence-electron chi connectivity index (χ2n) is 5.65. The van der Waals surface area contributed by atoms with E-state index in [1.54, 1.807) is 4.68 Å². The summed E-state index contributed by atoms with van der Waals surface area (Å²) in [7, 11) is 0. The zero-order chi connectivity index (χ0) is 16.7. The lowest BCUT2D eigenvalue weighted by atomic mass is 10.2. The van der Waals surface area contributed by atoms with Gasteiger partial charge in [-0.05, 0) is 38.9 Å². The molecule has 0 saturated carbocycles. The predicted molar refractivity (Wildman–Crippen MR) is 90.7 cm³/mol. The van der Waals surface area contributed by atoms with E-state index in [1.165, 1.54) is 5.56 Å². The van der Waals surface area contributed by atoms with Crippen molar-refractivity contribution in [2.45, 2.75) is 33.6 Å². The molecule has 0 bridgehead atoms. The van der Waals surface area contributed by atoms with Crippen LogP contribution in [0.2, 0.25) is 0 Å². The van der Waals surface area contributed by atoms with Crippen LogP contribution in [0.25, 0.3) is 5.69 Å². The van der Waals surface area contributed by atoms with Crippen molar-refractivity contribution in [1.82, 2.24) is 25.6 Å². The van der Waals surface area contributed by atoms with Crippen molar-refractivity contribution in [3.05, 3.63) is 41.2 Å². The standard InChI is InChI=1S/C17H25N5O/c1-4-9-18-10-11-19-17(23)12-16-14(3)22(21-20-16)15-7-5-13(2)6-8-15/h5-8,18H,4,9-12H2,1-3H3,(H,19,23). The molecule has 0 atom stereocenters. The molecule has 1 heterocycles. The van der Waals surface area contributed by atoms with Gasteiger partial charge in [-0.15, -0.1) is 5.10 Å². The Morgan fingerprint density at radius 1 is 1.13 bits per heavy atom. The molecule has 6 nitrogen and oxygen atoms in total. The highest BCUT2D eigenvalue weighted by Crippen LogP contribution is 2.13. The number of carbonyl (C=O) groups is 1. The first-order valence-corrected chi connectivity index (χ1v) is 8.07. The van der Waals surface area contributed by atoms with Crippen LogP contribution < -0.4 is 10.6 Å². The fraction of sp³-hybridized carbons (Fsp3) is 0.471. The van der Waals surface area contributed by atoms with E-state index in [2.05, 4.69) is 27.9 Å². The molecule has 23 heavy (non-hydrogen) atoms. The maximum atomic E-state index is 12.0. The first-order valence-electron chi connectivity index (χ1n) is 8.07. The van der Waals surface area contributed by atoms with Gasteiger partial charge in [0.05, 0.1) is 23.5 Å². The van der Waals surface area contributed by atoms with E-state index in [9.17, 15) is 4.79 Å². The van der Waals surface area contributed by atoms with Crippen LogP contribution >= 0.6 is 0 Å². The van der Waals surface area contributed by atoms with Crippen LogP contribution in [0, 0.1) is 13.8 Å². The molecule has 0 saturated heterocycles. The van der Waals surface area contributed by atoms with Gasteiger partial charge in [-0.25, -0.2) is 4.68 Å². The number of carbonyl (C=O) groups excluding carboxylic acids is 1. The average molecular weight is 315 g/mol. The Morgan fingerprint density at radius 3 is 2.57 bits per heavy atom. The number of aryl methyl sites for hydroxylation is 1. The zero-order valence-corrected chi connectivity index (χ0v) is 14.1. The zero-order valence-electron chi connectivity index (χ0n) is 14.1. The van der Waals surface area contributed by atoms with E-state index in [0.717, 1.165) is 30.9 Å². The van der Waals surface area contributed by atoms with Crippen LogP contribution in [0.3, 0.4) is 0 Å². The second kappa shape index (κ2) is 8.43. The second-order valence-corrected chi connectivity index (χ2v) is 5.65. The van der Waals surface area contributed by atoms with Gasteiger partial charge >= 0.3 is 0 Å². The predicted octanol–water partition coefficient (Wildman–Crippen LogP) is 1.54. The van der Waals surface area contributed by atoms with Crippen LogP contribution in [0.1, 0.15) is 30.3 Å². The van der Waals surface area contributed by atoms with Crippen LogP contribution in [0.4, 0.5) is 0 Å². The lowest BCUT2D eigenvalue weighted by Crippen LogP contribution is -2.33. The quantitative estimate of drug-likeness (QED) is 0.725.